The summed E-state index contributed by atoms with van der Waals surface area (Å²) in [6.07, 6.45) is 0. The van der Waals surface area contributed by atoms with Crippen molar-refractivity contribution < 1.29 is 9.13 Å². The van der Waals surface area contributed by atoms with Gasteiger partial charge in [-0.15, -0.1) is 0 Å². The predicted molar refractivity (Wildman–Crippen MR) is 71.4 cm³/mol. The minimum atomic E-state index is -0.505. The van der Waals surface area contributed by atoms with Crippen molar-refractivity contribution in [2.75, 3.05) is 0 Å². The summed E-state index contributed by atoms with van der Waals surface area (Å²) in [7, 11) is 0. The second kappa shape index (κ2) is 5.53. The largest absolute Gasteiger partial charge is 0.489 e. The second-order valence-corrected chi connectivity index (χ2v) is 4.50. The maximum Gasteiger partial charge on any atom is 0.147 e. The van der Waals surface area contributed by atoms with Gasteiger partial charge in [-0.1, -0.05) is 18.2 Å². The second-order valence-electron chi connectivity index (χ2n) is 4.50. The van der Waals surface area contributed by atoms with Crippen LogP contribution < -0.4 is 4.74 Å². The molecule has 2 rings (SSSR count). The first-order valence-electron chi connectivity index (χ1n) is 5.99. The zero-order valence-electron chi connectivity index (χ0n) is 10.9. The maximum atomic E-state index is 13.8. The number of halogens is 1. The van der Waals surface area contributed by atoms with Gasteiger partial charge in [0.2, 0.25) is 0 Å². The summed E-state index contributed by atoms with van der Waals surface area (Å²) >= 11 is 0. The van der Waals surface area contributed by atoms with E-state index >= 15 is 0 Å². The molecule has 96 valence electrons. The number of aryl methyl sites for hydroxylation is 2. The summed E-state index contributed by atoms with van der Waals surface area (Å²) < 4.78 is 19.4. The van der Waals surface area contributed by atoms with Crippen molar-refractivity contribution in [3.63, 3.8) is 0 Å². The zero-order chi connectivity index (χ0) is 13.8. The van der Waals surface area contributed by atoms with Gasteiger partial charge in [0.1, 0.15) is 24.2 Å². The molecular formula is C16H14FNO. The Hall–Kier alpha value is -2.34. The molecule has 0 bridgehead atoms. The lowest BCUT2D eigenvalue weighted by molar-refractivity contribution is 0.299. The quantitative estimate of drug-likeness (QED) is 0.833. The summed E-state index contributed by atoms with van der Waals surface area (Å²) in [5.74, 6) is 0.202. The highest BCUT2D eigenvalue weighted by molar-refractivity contribution is 5.36. The Bertz CT molecular complexity index is 623. The summed E-state index contributed by atoms with van der Waals surface area (Å²) in [5, 5.41) is 8.77. The van der Waals surface area contributed by atoms with Gasteiger partial charge in [0.25, 0.3) is 0 Å². The van der Waals surface area contributed by atoms with Crippen molar-refractivity contribution in [1.29, 1.82) is 5.26 Å². The molecule has 0 fully saturated rings. The first-order chi connectivity index (χ1) is 9.10. The molecule has 0 heterocycles. The number of nitriles is 1. The molecule has 2 aromatic rings. The Morgan fingerprint density at radius 3 is 2.47 bits per heavy atom. The van der Waals surface area contributed by atoms with Gasteiger partial charge in [-0.05, 0) is 43.2 Å². The van der Waals surface area contributed by atoms with Crippen LogP contribution in [0.4, 0.5) is 4.39 Å². The summed E-state index contributed by atoms with van der Waals surface area (Å²) in [6.45, 7) is 4.08. The van der Waals surface area contributed by atoms with Crippen molar-refractivity contribution in [3.05, 3.63) is 64.5 Å². The molecule has 0 N–H and O–H groups in total. The molecule has 0 radical (unpaired) electrons. The zero-order valence-corrected chi connectivity index (χ0v) is 10.9. The van der Waals surface area contributed by atoms with E-state index in [9.17, 15) is 4.39 Å². The number of hydrogen-bond acceptors (Lipinski definition) is 2. The number of rotatable bonds is 3. The number of ether oxygens (including phenoxy) is 1. The first-order valence-corrected chi connectivity index (χ1v) is 5.99. The van der Waals surface area contributed by atoms with E-state index in [0.29, 0.717) is 11.3 Å². The van der Waals surface area contributed by atoms with Crippen molar-refractivity contribution >= 4 is 0 Å². The van der Waals surface area contributed by atoms with Crippen molar-refractivity contribution in [3.8, 4) is 11.8 Å². The molecule has 0 saturated carbocycles. The van der Waals surface area contributed by atoms with Crippen LogP contribution in [0.15, 0.2) is 36.4 Å². The monoisotopic (exact) mass is 255 g/mol. The highest BCUT2D eigenvalue weighted by Gasteiger charge is 2.08. The van der Waals surface area contributed by atoms with E-state index in [4.69, 9.17) is 10.00 Å². The summed E-state index contributed by atoms with van der Waals surface area (Å²) in [6, 6.07) is 12.4. The van der Waals surface area contributed by atoms with Crippen LogP contribution in [-0.2, 0) is 6.61 Å². The highest BCUT2D eigenvalue weighted by Crippen LogP contribution is 2.19. The molecule has 0 unspecified atom stereocenters. The fourth-order valence-electron chi connectivity index (χ4n) is 1.95. The average Bonchev–Trinajstić information content (AvgIpc) is 2.36. The third-order valence-corrected chi connectivity index (χ3v) is 2.79. The van der Waals surface area contributed by atoms with Crippen molar-refractivity contribution in [1.82, 2.24) is 0 Å². The average molecular weight is 255 g/mol. The first kappa shape index (κ1) is 13.1. The number of hydrogen-bond donors (Lipinski definition) is 0. The van der Waals surface area contributed by atoms with Gasteiger partial charge in [0.05, 0.1) is 5.56 Å². The Morgan fingerprint density at radius 1 is 1.16 bits per heavy atom. The Morgan fingerprint density at radius 2 is 1.84 bits per heavy atom. The molecule has 2 aromatic carbocycles. The van der Waals surface area contributed by atoms with Gasteiger partial charge in [-0.25, -0.2) is 4.39 Å². The van der Waals surface area contributed by atoms with E-state index < -0.39 is 5.82 Å². The summed E-state index contributed by atoms with van der Waals surface area (Å²) in [4.78, 5) is 0. The SMILES string of the molecule is Cc1cc(C)cc(OCc2cccc(C#N)c2F)c1. The molecule has 0 aliphatic heterocycles. The number of nitrogens with zero attached hydrogens (tertiary/aromatic N) is 1. The van der Waals surface area contributed by atoms with E-state index in [1.165, 1.54) is 6.07 Å². The fourth-order valence-corrected chi connectivity index (χ4v) is 1.95. The van der Waals surface area contributed by atoms with E-state index in [1.807, 2.05) is 38.1 Å². The lowest BCUT2D eigenvalue weighted by Gasteiger charge is -2.09. The van der Waals surface area contributed by atoms with Crippen LogP contribution >= 0.6 is 0 Å². The van der Waals surface area contributed by atoms with E-state index in [0.717, 1.165) is 11.1 Å². The lowest BCUT2D eigenvalue weighted by Crippen LogP contribution is -2.00. The standard InChI is InChI=1S/C16H14FNO/c1-11-6-12(2)8-15(7-11)19-10-14-5-3-4-13(9-18)16(14)17/h3-8H,10H2,1-2H3. The minimum absolute atomic E-state index is 0.0431. The Labute approximate surface area is 112 Å². The smallest absolute Gasteiger partial charge is 0.147 e. The molecule has 0 amide bonds. The molecule has 3 heteroatoms. The topological polar surface area (TPSA) is 33.0 Å². The minimum Gasteiger partial charge on any atom is -0.489 e. The van der Waals surface area contributed by atoms with Crippen LogP contribution in [0.2, 0.25) is 0 Å². The molecule has 19 heavy (non-hydrogen) atoms. The van der Waals surface area contributed by atoms with E-state index in [2.05, 4.69) is 0 Å². The van der Waals surface area contributed by atoms with E-state index in [-0.39, 0.29) is 12.2 Å². The van der Waals surface area contributed by atoms with Gasteiger partial charge in [0.15, 0.2) is 0 Å². The van der Waals surface area contributed by atoms with Gasteiger partial charge in [0, 0.05) is 5.56 Å². The normalized spacial score (nSPS) is 10.0. The van der Waals surface area contributed by atoms with Gasteiger partial charge in [-0.3, -0.25) is 0 Å². The molecule has 0 aliphatic rings. The molecular weight excluding hydrogens is 241 g/mol. The van der Waals surface area contributed by atoms with Gasteiger partial charge < -0.3 is 4.74 Å². The van der Waals surface area contributed by atoms with Gasteiger partial charge in [-0.2, -0.15) is 5.26 Å². The van der Waals surface area contributed by atoms with Crippen LogP contribution in [0.25, 0.3) is 0 Å². The van der Waals surface area contributed by atoms with Gasteiger partial charge >= 0.3 is 0 Å². The highest BCUT2D eigenvalue weighted by atomic mass is 19.1. The van der Waals surface area contributed by atoms with Crippen LogP contribution in [0.1, 0.15) is 22.3 Å². The van der Waals surface area contributed by atoms with E-state index in [1.54, 1.807) is 12.1 Å². The fraction of sp³-hybridized carbons (Fsp3) is 0.188. The third-order valence-electron chi connectivity index (χ3n) is 2.79. The van der Waals surface area contributed by atoms with Crippen LogP contribution in [-0.4, -0.2) is 0 Å². The predicted octanol–water partition coefficient (Wildman–Crippen LogP) is 3.89. The molecule has 0 saturated heterocycles. The number of benzene rings is 2. The molecule has 0 aromatic heterocycles. The summed E-state index contributed by atoms with van der Waals surface area (Å²) in [5.41, 5.74) is 2.63. The molecule has 0 atom stereocenters. The maximum absolute atomic E-state index is 13.8. The lowest BCUT2D eigenvalue weighted by atomic mass is 10.1. The van der Waals surface area contributed by atoms with Crippen LogP contribution in [0, 0.1) is 31.0 Å². The molecule has 2 nitrogen and oxygen atoms in total. The van der Waals surface area contributed by atoms with Crippen LogP contribution in [0.5, 0.6) is 5.75 Å². The third kappa shape index (κ3) is 3.11. The van der Waals surface area contributed by atoms with Crippen molar-refractivity contribution in [2.45, 2.75) is 20.5 Å². The van der Waals surface area contributed by atoms with Crippen molar-refractivity contribution in [2.24, 2.45) is 0 Å². The Kier molecular flexibility index (Phi) is 3.82. The van der Waals surface area contributed by atoms with Crippen LogP contribution in [0.3, 0.4) is 0 Å². The molecule has 0 spiro atoms. The Balaban J connectivity index is 2.17. The molecule has 0 aliphatic carbocycles.